The number of rotatable bonds is 4. The van der Waals surface area contributed by atoms with E-state index in [1.165, 1.54) is 16.6 Å². The molecule has 9 heteroatoms. The second kappa shape index (κ2) is 7.02. The molecule has 1 aliphatic rings. The number of H-pyrrole nitrogens is 1. The molecule has 4 heterocycles. The third-order valence-electron chi connectivity index (χ3n) is 4.70. The van der Waals surface area contributed by atoms with Crippen molar-refractivity contribution in [2.24, 2.45) is 0 Å². The van der Waals surface area contributed by atoms with Crippen molar-refractivity contribution >= 4 is 11.6 Å². The summed E-state index contributed by atoms with van der Waals surface area (Å²) in [7, 11) is 0. The first kappa shape index (κ1) is 17.4. The van der Waals surface area contributed by atoms with E-state index in [1.807, 2.05) is 41.1 Å². The van der Waals surface area contributed by atoms with Crippen molar-refractivity contribution < 1.29 is 14.3 Å². The molecule has 0 spiro atoms. The second-order valence-electron chi connectivity index (χ2n) is 6.69. The molecule has 0 amide bonds. The molecule has 29 heavy (non-hydrogen) atoms. The Hall–Kier alpha value is -3.72. The molecule has 0 aliphatic carbocycles. The number of nitrogens with zero attached hydrogens (tertiary/aromatic N) is 4. The van der Waals surface area contributed by atoms with Crippen LogP contribution in [0.2, 0.25) is 0 Å². The molecule has 5 rings (SSSR count). The minimum Gasteiger partial charge on any atom is -0.454 e. The molecule has 0 unspecified atom stereocenters. The molecule has 0 radical (unpaired) electrons. The van der Waals surface area contributed by atoms with E-state index < -0.39 is 5.97 Å². The number of fused-ring (bicyclic) bond motifs is 2. The largest absolute Gasteiger partial charge is 0.454 e. The molecule has 0 saturated heterocycles. The molecule has 1 aliphatic heterocycles. The molecule has 146 valence electrons. The standard InChI is InChI=1S/C20H17N5O4/c26-19-10-16(13-4-2-1-3-5-13)21-18-9-17(23-25(18)19)20(27)29-11-14-8-15-12-28-7-6-24(15)22-14/h1-5,8-10,23H,6-7,11-12H2. The van der Waals surface area contributed by atoms with Crippen LogP contribution in [-0.4, -0.2) is 37.0 Å². The molecule has 0 fully saturated rings. The monoisotopic (exact) mass is 391 g/mol. The average molecular weight is 391 g/mol. The zero-order chi connectivity index (χ0) is 19.8. The van der Waals surface area contributed by atoms with Gasteiger partial charge in [-0.3, -0.25) is 14.6 Å². The maximum absolute atomic E-state index is 12.4. The van der Waals surface area contributed by atoms with Crippen LogP contribution in [0.15, 0.2) is 53.3 Å². The fraction of sp³-hybridized carbons (Fsp3) is 0.200. The number of esters is 1. The lowest BCUT2D eigenvalue weighted by Gasteiger charge is -2.12. The quantitative estimate of drug-likeness (QED) is 0.532. The predicted octanol–water partition coefficient (Wildman–Crippen LogP) is 1.77. The van der Waals surface area contributed by atoms with Crippen molar-refractivity contribution in [1.82, 2.24) is 24.4 Å². The normalized spacial score (nSPS) is 13.4. The van der Waals surface area contributed by atoms with Gasteiger partial charge in [-0.2, -0.15) is 5.10 Å². The highest BCUT2D eigenvalue weighted by atomic mass is 16.5. The second-order valence-corrected chi connectivity index (χ2v) is 6.69. The number of aromatic nitrogens is 5. The topological polar surface area (TPSA) is 104 Å². The number of nitrogens with one attached hydrogen (secondary N) is 1. The highest BCUT2D eigenvalue weighted by Crippen LogP contribution is 2.16. The lowest BCUT2D eigenvalue weighted by Crippen LogP contribution is -2.17. The molecule has 9 nitrogen and oxygen atoms in total. The molecule has 0 atom stereocenters. The Balaban J connectivity index is 1.37. The molecule has 0 saturated carbocycles. The number of carbonyl (C=O) groups is 1. The van der Waals surface area contributed by atoms with Gasteiger partial charge in [-0.15, -0.1) is 0 Å². The first-order valence-corrected chi connectivity index (χ1v) is 9.16. The van der Waals surface area contributed by atoms with E-state index in [2.05, 4.69) is 15.2 Å². The van der Waals surface area contributed by atoms with E-state index in [0.29, 0.717) is 36.8 Å². The summed E-state index contributed by atoms with van der Waals surface area (Å²) >= 11 is 0. The van der Waals surface area contributed by atoms with Gasteiger partial charge in [0.2, 0.25) is 0 Å². The van der Waals surface area contributed by atoms with Crippen LogP contribution in [0.1, 0.15) is 21.9 Å². The van der Waals surface area contributed by atoms with E-state index in [4.69, 9.17) is 9.47 Å². The minimum absolute atomic E-state index is 0.0335. The van der Waals surface area contributed by atoms with Crippen molar-refractivity contribution in [2.45, 2.75) is 19.8 Å². The molecule has 3 aromatic heterocycles. The number of hydrogen-bond acceptors (Lipinski definition) is 6. The average Bonchev–Trinajstić information content (AvgIpc) is 3.37. The van der Waals surface area contributed by atoms with Gasteiger partial charge in [0.15, 0.2) is 5.65 Å². The van der Waals surface area contributed by atoms with Crippen molar-refractivity contribution in [2.75, 3.05) is 6.61 Å². The van der Waals surface area contributed by atoms with Crippen LogP contribution in [0.3, 0.4) is 0 Å². The Bertz CT molecular complexity index is 1230. The Kier molecular flexibility index (Phi) is 4.21. The first-order chi connectivity index (χ1) is 14.2. The smallest absolute Gasteiger partial charge is 0.356 e. The van der Waals surface area contributed by atoms with Gasteiger partial charge in [0.25, 0.3) is 5.56 Å². The van der Waals surface area contributed by atoms with Gasteiger partial charge in [-0.25, -0.2) is 14.3 Å². The Labute approximate surface area is 164 Å². The van der Waals surface area contributed by atoms with Crippen LogP contribution < -0.4 is 5.56 Å². The summed E-state index contributed by atoms with van der Waals surface area (Å²) in [6.07, 6.45) is 0. The summed E-state index contributed by atoms with van der Waals surface area (Å²) < 4.78 is 13.8. The van der Waals surface area contributed by atoms with E-state index >= 15 is 0 Å². The summed E-state index contributed by atoms with van der Waals surface area (Å²) in [4.78, 5) is 29.3. The Morgan fingerprint density at radius 1 is 1.21 bits per heavy atom. The van der Waals surface area contributed by atoms with Gasteiger partial charge >= 0.3 is 5.97 Å². The number of ether oxygens (including phenoxy) is 2. The summed E-state index contributed by atoms with van der Waals surface area (Å²) in [6.45, 7) is 1.84. The van der Waals surface area contributed by atoms with E-state index in [-0.39, 0.29) is 17.9 Å². The highest BCUT2D eigenvalue weighted by Gasteiger charge is 2.17. The molecular formula is C20H17N5O4. The van der Waals surface area contributed by atoms with Crippen LogP contribution in [0.25, 0.3) is 16.9 Å². The van der Waals surface area contributed by atoms with Gasteiger partial charge in [-0.1, -0.05) is 30.3 Å². The maximum Gasteiger partial charge on any atom is 0.356 e. The van der Waals surface area contributed by atoms with Crippen LogP contribution in [0, 0.1) is 0 Å². The van der Waals surface area contributed by atoms with Gasteiger partial charge in [-0.05, 0) is 6.07 Å². The predicted molar refractivity (Wildman–Crippen MR) is 102 cm³/mol. The highest BCUT2D eigenvalue weighted by molar-refractivity contribution is 5.88. The van der Waals surface area contributed by atoms with Crippen molar-refractivity contribution in [3.05, 3.63) is 76.0 Å². The zero-order valence-corrected chi connectivity index (χ0v) is 15.4. The summed E-state index contributed by atoms with van der Waals surface area (Å²) in [5, 5.41) is 7.15. The summed E-state index contributed by atoms with van der Waals surface area (Å²) in [6, 6.07) is 14.2. The van der Waals surface area contributed by atoms with Crippen LogP contribution >= 0.6 is 0 Å². The Morgan fingerprint density at radius 2 is 2.07 bits per heavy atom. The van der Waals surface area contributed by atoms with Gasteiger partial charge in [0.1, 0.15) is 18.0 Å². The molecule has 1 N–H and O–H groups in total. The molecule has 4 aromatic rings. The SMILES string of the molecule is O=C(OCc1cc2n(n1)CCOC2)c1cc2nc(-c3ccccc3)cc(=O)n2[nH]1. The van der Waals surface area contributed by atoms with Crippen molar-refractivity contribution in [3.63, 3.8) is 0 Å². The zero-order valence-electron chi connectivity index (χ0n) is 15.4. The first-order valence-electron chi connectivity index (χ1n) is 9.16. The summed E-state index contributed by atoms with van der Waals surface area (Å²) in [5.74, 6) is -0.585. The lowest BCUT2D eigenvalue weighted by molar-refractivity contribution is 0.0458. The van der Waals surface area contributed by atoms with Crippen molar-refractivity contribution in [1.29, 1.82) is 0 Å². The van der Waals surface area contributed by atoms with Crippen molar-refractivity contribution in [3.8, 4) is 11.3 Å². The maximum atomic E-state index is 12.4. The lowest BCUT2D eigenvalue weighted by atomic mass is 10.1. The van der Waals surface area contributed by atoms with Crippen LogP contribution in [0.5, 0.6) is 0 Å². The fourth-order valence-corrected chi connectivity index (χ4v) is 3.29. The van der Waals surface area contributed by atoms with Crippen LogP contribution in [-0.2, 0) is 29.2 Å². The number of carbonyl (C=O) groups excluding carboxylic acids is 1. The van der Waals surface area contributed by atoms with Gasteiger partial charge in [0.05, 0.1) is 31.1 Å². The molecular weight excluding hydrogens is 374 g/mol. The van der Waals surface area contributed by atoms with E-state index in [1.54, 1.807) is 0 Å². The van der Waals surface area contributed by atoms with E-state index in [9.17, 15) is 9.59 Å². The van der Waals surface area contributed by atoms with E-state index in [0.717, 1.165) is 11.3 Å². The Morgan fingerprint density at radius 3 is 2.90 bits per heavy atom. The number of benzene rings is 1. The van der Waals surface area contributed by atoms with Gasteiger partial charge < -0.3 is 9.47 Å². The third kappa shape index (κ3) is 3.32. The number of aromatic amines is 1. The third-order valence-corrected chi connectivity index (χ3v) is 4.70. The minimum atomic E-state index is -0.585. The van der Waals surface area contributed by atoms with Crippen LogP contribution in [0.4, 0.5) is 0 Å². The fourth-order valence-electron chi connectivity index (χ4n) is 3.29. The molecule has 1 aromatic carbocycles. The molecule has 0 bridgehead atoms. The number of hydrogen-bond donors (Lipinski definition) is 1. The summed E-state index contributed by atoms with van der Waals surface area (Å²) in [5.41, 5.74) is 3.15. The van der Waals surface area contributed by atoms with Gasteiger partial charge in [0, 0.05) is 17.7 Å².